The van der Waals surface area contributed by atoms with E-state index in [1.807, 2.05) is 170 Å². The molecule has 2 N–H and O–H groups in total. The average Bonchev–Trinajstić information content (AvgIpc) is 3.45. The van der Waals surface area contributed by atoms with Gasteiger partial charge in [-0.15, -0.1) is 0 Å². The van der Waals surface area contributed by atoms with Crippen molar-refractivity contribution in [2.45, 2.75) is 61.3 Å². The highest BCUT2D eigenvalue weighted by molar-refractivity contribution is 6.31. The number of carbonyl (C=O) groups is 2. The maximum Gasteiger partial charge on any atom is 0.412 e. The number of nitrogens with zero attached hydrogens (tertiary/aromatic N) is 11. The smallest absolute Gasteiger partial charge is 0.410 e. The third-order valence-corrected chi connectivity index (χ3v) is 11.3. The number of aryl methyl sites for hydroxylation is 6. The number of hydrogen-bond acceptors (Lipinski definition) is 10. The van der Waals surface area contributed by atoms with Gasteiger partial charge in [0, 0.05) is 93.1 Å². The predicted molar refractivity (Wildman–Crippen MR) is 353 cm³/mol. The van der Waals surface area contributed by atoms with E-state index in [0.717, 1.165) is 67.4 Å². The summed E-state index contributed by atoms with van der Waals surface area (Å²) in [5.74, 6) is 0.971. The maximum absolute atomic E-state index is 11.0. The molecular weight excluding hydrogens is 1090 g/mol. The summed E-state index contributed by atoms with van der Waals surface area (Å²) in [5, 5.41) is 6.28. The Morgan fingerprint density at radius 2 is 0.867 bits per heavy atom. The van der Waals surface area contributed by atoms with Crippen molar-refractivity contribution in [3.05, 3.63) is 165 Å². The summed E-state index contributed by atoms with van der Waals surface area (Å²) in [5.41, 5.74) is 12.2. The molecule has 0 aliphatic rings. The number of unbranched alkanes of at least 4 members (excludes halogenated alkanes) is 1. The molecule has 0 radical (unpaired) electrons. The number of nitrogens with one attached hydrogen (secondary N) is 2. The largest absolute Gasteiger partial charge is 0.412 e. The number of amides is 2. The molecule has 6 aromatic carbocycles. The van der Waals surface area contributed by atoms with Crippen LogP contribution in [0.25, 0.3) is 0 Å². The van der Waals surface area contributed by atoms with Gasteiger partial charge < -0.3 is 44.6 Å². The second-order valence-electron chi connectivity index (χ2n) is 19.6. The van der Waals surface area contributed by atoms with Crippen molar-refractivity contribution in [2.75, 3.05) is 77.0 Å². The standard InChI is InChI=1S/C18H21N3.C13H19ClN2.C12H17N3O2.C11H15N3O2.C10H13ClN2/c1-14-5-8-17(9-6-14)19-12-21(4)13-20-18-10-7-15(2)11-16(18)3;1-4-5-8-16(3)10-15-13-7-6-12(14)9-11(13)2;1-9-7-10(17-12(16)13-2)5-6-11(9)14-8-15(3)4;1-12-11(15)16-10-6-4-5-9(7-10)13-8-14(2)3;1-8-6-9(11)4-5-10(8)12-7-13(2)3/h5-13H,1-4H3;6-7,9-10H,4-5,8H2,1-3H3;5-8H,1-4H3,(H,13,16);4-8H,1-3H3,(H,12,15);4-7H,1-3H3. The first-order valence-corrected chi connectivity index (χ1v) is 27.5. The lowest BCUT2D eigenvalue weighted by atomic mass is 10.1. The summed E-state index contributed by atoms with van der Waals surface area (Å²) in [4.78, 5) is 57.6. The van der Waals surface area contributed by atoms with Crippen molar-refractivity contribution >= 4 is 108 Å². The van der Waals surface area contributed by atoms with Crippen LogP contribution in [0.1, 0.15) is 53.1 Å². The molecule has 0 saturated carbocycles. The van der Waals surface area contributed by atoms with Gasteiger partial charge in [0.05, 0.1) is 72.2 Å². The monoisotopic (exact) mass is 1170 g/mol. The number of carbonyl (C=O) groups excluding carboxylic acids is 2. The van der Waals surface area contributed by atoms with Crippen molar-refractivity contribution in [1.82, 2.24) is 35.1 Å². The van der Waals surface area contributed by atoms with E-state index in [4.69, 9.17) is 32.7 Å². The van der Waals surface area contributed by atoms with Gasteiger partial charge in [-0.25, -0.2) is 39.5 Å². The molecule has 19 heteroatoms. The van der Waals surface area contributed by atoms with Crippen LogP contribution in [0.3, 0.4) is 0 Å². The van der Waals surface area contributed by atoms with Gasteiger partial charge in [-0.1, -0.05) is 78.0 Å². The highest BCUT2D eigenvalue weighted by Gasteiger charge is 2.05. The minimum atomic E-state index is -0.492. The van der Waals surface area contributed by atoms with E-state index < -0.39 is 12.2 Å². The molecule has 0 unspecified atom stereocenters. The number of rotatable bonds is 17. The summed E-state index contributed by atoms with van der Waals surface area (Å²) < 4.78 is 9.99. The van der Waals surface area contributed by atoms with E-state index in [1.54, 1.807) is 62.0 Å². The Morgan fingerprint density at radius 3 is 1.34 bits per heavy atom. The molecule has 0 bridgehead atoms. The highest BCUT2D eigenvalue weighted by atomic mass is 35.5. The summed E-state index contributed by atoms with van der Waals surface area (Å²) >= 11 is 11.7. The first-order valence-electron chi connectivity index (χ1n) is 26.7. The summed E-state index contributed by atoms with van der Waals surface area (Å²) in [6, 6.07) is 38.0. The molecule has 0 fully saturated rings. The lowest BCUT2D eigenvalue weighted by molar-refractivity contribution is 0.202. The van der Waals surface area contributed by atoms with Gasteiger partial charge in [0.2, 0.25) is 0 Å². The Balaban J connectivity index is 0.000000357. The fourth-order valence-electron chi connectivity index (χ4n) is 6.39. The van der Waals surface area contributed by atoms with Gasteiger partial charge in [0.15, 0.2) is 0 Å². The number of hydrogen-bond donors (Lipinski definition) is 2. The van der Waals surface area contributed by atoms with Gasteiger partial charge >= 0.3 is 12.2 Å². The molecule has 6 aromatic rings. The summed E-state index contributed by atoms with van der Waals surface area (Å²) in [6.07, 6.45) is 12.0. The van der Waals surface area contributed by atoms with Crippen LogP contribution in [-0.4, -0.2) is 152 Å². The molecule has 17 nitrogen and oxygen atoms in total. The van der Waals surface area contributed by atoms with Crippen LogP contribution in [0.15, 0.2) is 151 Å². The summed E-state index contributed by atoms with van der Waals surface area (Å²) in [6.45, 7) is 15.4. The van der Waals surface area contributed by atoms with Crippen molar-refractivity contribution < 1.29 is 19.1 Å². The number of ether oxygens (including phenoxy) is 2. The van der Waals surface area contributed by atoms with E-state index in [9.17, 15) is 9.59 Å². The summed E-state index contributed by atoms with van der Waals surface area (Å²) in [7, 11) is 18.5. The van der Waals surface area contributed by atoms with E-state index in [1.165, 1.54) is 43.6 Å². The Hall–Kier alpha value is -8.54. The minimum Gasteiger partial charge on any atom is -0.410 e. The fraction of sp³-hybridized carbons (Fsp3) is 0.312. The van der Waals surface area contributed by atoms with Crippen LogP contribution in [0, 0.1) is 41.5 Å². The van der Waals surface area contributed by atoms with Crippen LogP contribution >= 0.6 is 23.2 Å². The second-order valence-corrected chi connectivity index (χ2v) is 20.4. The number of benzene rings is 6. The zero-order valence-corrected chi connectivity index (χ0v) is 53.0. The Morgan fingerprint density at radius 1 is 0.458 bits per heavy atom. The second kappa shape index (κ2) is 39.0. The van der Waals surface area contributed by atoms with Crippen molar-refractivity contribution in [2.24, 2.45) is 30.0 Å². The molecule has 0 saturated heterocycles. The lowest BCUT2D eigenvalue weighted by Gasteiger charge is -2.11. The van der Waals surface area contributed by atoms with Crippen molar-refractivity contribution in [3.63, 3.8) is 0 Å². The van der Waals surface area contributed by atoms with Gasteiger partial charge in [-0.3, -0.25) is 0 Å². The third-order valence-electron chi connectivity index (χ3n) is 10.8. The van der Waals surface area contributed by atoms with Crippen LogP contribution in [0.5, 0.6) is 11.5 Å². The molecular formula is C64H85Cl2N13O4. The molecule has 0 heterocycles. The van der Waals surface area contributed by atoms with E-state index in [-0.39, 0.29) is 0 Å². The Labute approximate surface area is 503 Å². The lowest BCUT2D eigenvalue weighted by Crippen LogP contribution is -2.21. The zero-order chi connectivity index (χ0) is 61.9. The third kappa shape index (κ3) is 31.3. The molecule has 0 atom stereocenters. The van der Waals surface area contributed by atoms with Crippen LogP contribution in [0.2, 0.25) is 10.0 Å². The van der Waals surface area contributed by atoms with Gasteiger partial charge in [0.1, 0.15) is 11.5 Å². The zero-order valence-electron chi connectivity index (χ0n) is 51.4. The molecule has 6 rings (SSSR count). The van der Waals surface area contributed by atoms with Crippen molar-refractivity contribution in [3.8, 4) is 11.5 Å². The minimum absolute atomic E-state index is 0.466. The quantitative estimate of drug-likeness (QED) is 0.0667. The average molecular weight is 1170 g/mol. The molecule has 83 heavy (non-hydrogen) atoms. The van der Waals surface area contributed by atoms with Gasteiger partial charge in [-0.05, 0) is 155 Å². The molecule has 0 aliphatic carbocycles. The van der Waals surface area contributed by atoms with Crippen LogP contribution in [0.4, 0.5) is 43.7 Å². The first-order chi connectivity index (χ1) is 39.4. The van der Waals surface area contributed by atoms with Gasteiger partial charge in [0.25, 0.3) is 0 Å². The first kappa shape index (κ1) is 70.6. The molecule has 444 valence electrons. The topological polar surface area (TPSA) is 167 Å². The maximum atomic E-state index is 11.0. The molecule has 2 amide bonds. The molecule has 0 spiro atoms. The molecule has 0 aromatic heterocycles. The Kier molecular flexibility index (Phi) is 33.1. The van der Waals surface area contributed by atoms with E-state index in [2.05, 4.69) is 97.4 Å². The van der Waals surface area contributed by atoms with E-state index >= 15 is 0 Å². The normalized spacial score (nSPS) is 10.8. The molecule has 0 aliphatic heterocycles. The van der Waals surface area contributed by atoms with Crippen molar-refractivity contribution in [1.29, 1.82) is 0 Å². The Bertz CT molecular complexity index is 3100. The van der Waals surface area contributed by atoms with E-state index in [0.29, 0.717) is 11.5 Å². The fourth-order valence-corrected chi connectivity index (χ4v) is 6.85. The highest BCUT2D eigenvalue weighted by Crippen LogP contribution is 2.26. The number of aliphatic imine (C=N–C) groups is 6. The number of halogens is 2. The van der Waals surface area contributed by atoms with Crippen LogP contribution in [-0.2, 0) is 0 Å². The van der Waals surface area contributed by atoms with Crippen LogP contribution < -0.4 is 20.1 Å². The predicted octanol–water partition coefficient (Wildman–Crippen LogP) is 15.0. The van der Waals surface area contributed by atoms with Gasteiger partial charge in [-0.2, -0.15) is 0 Å². The SMILES string of the molecule is CCCCN(C)C=Nc1ccc(Cl)cc1C.CNC(=O)Oc1ccc(N=CN(C)C)c(C)c1.CNC(=O)Oc1cccc(N=CN(C)C)c1.Cc1cc(Cl)ccc1N=CN(C)C.Cc1ccc(N=CN(C)C=Nc2ccc(C)cc2C)cc1.